The molecule has 0 aromatic rings. The van der Waals surface area contributed by atoms with Gasteiger partial charge in [-0.3, -0.25) is 0 Å². The summed E-state index contributed by atoms with van der Waals surface area (Å²) in [6.45, 7) is 3.63. The number of fused-ring (bicyclic) bond motifs is 1. The van der Waals surface area contributed by atoms with Crippen molar-refractivity contribution in [3.8, 4) is 0 Å². The Hall–Kier alpha value is -0.0400. The molecule has 0 amide bonds. The van der Waals surface area contributed by atoms with Crippen LogP contribution >= 0.6 is 0 Å². The lowest BCUT2D eigenvalue weighted by Crippen LogP contribution is -2.25. The SMILES string of the molecule is CCC1CCC2CCNC2CC1. The van der Waals surface area contributed by atoms with Gasteiger partial charge in [0.1, 0.15) is 0 Å². The van der Waals surface area contributed by atoms with Crippen molar-refractivity contribution < 1.29 is 0 Å². The van der Waals surface area contributed by atoms with Gasteiger partial charge in [-0.1, -0.05) is 19.8 Å². The molecule has 1 aliphatic carbocycles. The standard InChI is InChI=1S/C11H21N/c1-2-9-3-5-10-7-8-12-11(10)6-4-9/h9-12H,2-8H2,1H3. The van der Waals surface area contributed by atoms with E-state index in [1.807, 2.05) is 0 Å². The van der Waals surface area contributed by atoms with Crippen LogP contribution in [0.5, 0.6) is 0 Å². The highest BCUT2D eigenvalue weighted by molar-refractivity contribution is 4.86. The van der Waals surface area contributed by atoms with Crippen LogP contribution in [0, 0.1) is 11.8 Å². The summed E-state index contributed by atoms with van der Waals surface area (Å²) in [4.78, 5) is 0. The van der Waals surface area contributed by atoms with Crippen LogP contribution in [0.3, 0.4) is 0 Å². The maximum atomic E-state index is 3.64. The van der Waals surface area contributed by atoms with Crippen LogP contribution in [0.15, 0.2) is 0 Å². The highest BCUT2D eigenvalue weighted by atomic mass is 14.9. The third-order valence-electron chi connectivity index (χ3n) is 3.90. The van der Waals surface area contributed by atoms with Gasteiger partial charge in [0.2, 0.25) is 0 Å². The van der Waals surface area contributed by atoms with E-state index in [4.69, 9.17) is 0 Å². The summed E-state index contributed by atoms with van der Waals surface area (Å²) in [5, 5.41) is 3.64. The Bertz CT molecular complexity index is 130. The van der Waals surface area contributed by atoms with E-state index in [1.54, 1.807) is 0 Å². The molecule has 1 aliphatic heterocycles. The fraction of sp³-hybridized carbons (Fsp3) is 1.00. The van der Waals surface area contributed by atoms with Gasteiger partial charge in [-0.25, -0.2) is 0 Å². The van der Waals surface area contributed by atoms with E-state index in [1.165, 1.54) is 45.1 Å². The minimum atomic E-state index is 0.890. The maximum absolute atomic E-state index is 3.64. The van der Waals surface area contributed by atoms with Crippen LogP contribution < -0.4 is 5.32 Å². The zero-order valence-electron chi connectivity index (χ0n) is 8.18. The average molecular weight is 167 g/mol. The van der Waals surface area contributed by atoms with Crippen molar-refractivity contribution in [2.75, 3.05) is 6.54 Å². The Morgan fingerprint density at radius 3 is 2.75 bits per heavy atom. The maximum Gasteiger partial charge on any atom is 0.00959 e. The topological polar surface area (TPSA) is 12.0 Å². The van der Waals surface area contributed by atoms with Crippen LogP contribution in [0.4, 0.5) is 0 Å². The number of hydrogen-bond donors (Lipinski definition) is 1. The van der Waals surface area contributed by atoms with Gasteiger partial charge in [0.05, 0.1) is 0 Å². The van der Waals surface area contributed by atoms with Crippen LogP contribution in [-0.4, -0.2) is 12.6 Å². The lowest BCUT2D eigenvalue weighted by Gasteiger charge is -2.14. The number of hydrogen-bond acceptors (Lipinski definition) is 1. The highest BCUT2D eigenvalue weighted by Crippen LogP contribution is 2.33. The molecule has 0 aromatic carbocycles. The van der Waals surface area contributed by atoms with E-state index in [0.29, 0.717) is 0 Å². The fourth-order valence-electron chi connectivity index (χ4n) is 2.92. The molecule has 0 aromatic heterocycles. The van der Waals surface area contributed by atoms with Gasteiger partial charge in [-0.05, 0) is 44.1 Å². The molecule has 2 aliphatic rings. The molecule has 0 spiro atoms. The van der Waals surface area contributed by atoms with Gasteiger partial charge < -0.3 is 5.32 Å². The molecule has 1 saturated heterocycles. The average Bonchev–Trinajstić information content (AvgIpc) is 2.46. The molecule has 3 atom stereocenters. The summed E-state index contributed by atoms with van der Waals surface area (Å²) in [5.74, 6) is 2.07. The monoisotopic (exact) mass is 167 g/mol. The lowest BCUT2D eigenvalue weighted by molar-refractivity contribution is 0.419. The van der Waals surface area contributed by atoms with Crippen LogP contribution in [0.2, 0.25) is 0 Å². The van der Waals surface area contributed by atoms with Gasteiger partial charge in [0.25, 0.3) is 0 Å². The largest absolute Gasteiger partial charge is 0.314 e. The van der Waals surface area contributed by atoms with Crippen molar-refractivity contribution in [3.05, 3.63) is 0 Å². The fourth-order valence-corrected chi connectivity index (χ4v) is 2.92. The first-order valence-corrected chi connectivity index (χ1v) is 5.63. The Morgan fingerprint density at radius 1 is 1.08 bits per heavy atom. The molecular weight excluding hydrogens is 146 g/mol. The molecule has 70 valence electrons. The van der Waals surface area contributed by atoms with Crippen LogP contribution in [0.1, 0.15) is 45.4 Å². The zero-order chi connectivity index (χ0) is 8.39. The van der Waals surface area contributed by atoms with E-state index in [9.17, 15) is 0 Å². The lowest BCUT2D eigenvalue weighted by atomic mass is 9.95. The minimum Gasteiger partial charge on any atom is -0.314 e. The van der Waals surface area contributed by atoms with E-state index < -0.39 is 0 Å². The molecule has 1 nitrogen and oxygen atoms in total. The normalized spacial score (nSPS) is 42.2. The molecule has 1 N–H and O–H groups in total. The van der Waals surface area contributed by atoms with E-state index >= 15 is 0 Å². The predicted octanol–water partition coefficient (Wildman–Crippen LogP) is 2.56. The molecule has 1 heterocycles. The van der Waals surface area contributed by atoms with Crippen LogP contribution in [0.25, 0.3) is 0 Å². The third kappa shape index (κ3) is 1.66. The van der Waals surface area contributed by atoms with Crippen molar-refractivity contribution in [3.63, 3.8) is 0 Å². The second-order valence-electron chi connectivity index (χ2n) is 4.54. The highest BCUT2D eigenvalue weighted by Gasteiger charge is 2.29. The summed E-state index contributed by atoms with van der Waals surface area (Å²) in [6, 6.07) is 0.890. The van der Waals surface area contributed by atoms with Gasteiger partial charge in [-0.15, -0.1) is 0 Å². The summed E-state index contributed by atoms with van der Waals surface area (Å²) >= 11 is 0. The first kappa shape index (κ1) is 8.55. The molecule has 1 heteroatoms. The van der Waals surface area contributed by atoms with Crippen molar-refractivity contribution in [1.29, 1.82) is 0 Å². The van der Waals surface area contributed by atoms with E-state index in [0.717, 1.165) is 17.9 Å². The molecule has 0 bridgehead atoms. The third-order valence-corrected chi connectivity index (χ3v) is 3.90. The first-order valence-electron chi connectivity index (χ1n) is 5.63. The van der Waals surface area contributed by atoms with Crippen LogP contribution in [-0.2, 0) is 0 Å². The van der Waals surface area contributed by atoms with Crippen molar-refractivity contribution in [1.82, 2.24) is 5.32 Å². The van der Waals surface area contributed by atoms with Gasteiger partial charge in [0, 0.05) is 6.04 Å². The Kier molecular flexibility index (Phi) is 2.69. The number of nitrogens with one attached hydrogen (secondary N) is 1. The molecule has 12 heavy (non-hydrogen) atoms. The molecule has 2 fully saturated rings. The summed E-state index contributed by atoms with van der Waals surface area (Å²) in [6.07, 6.45) is 8.77. The van der Waals surface area contributed by atoms with E-state index in [-0.39, 0.29) is 0 Å². The van der Waals surface area contributed by atoms with Crippen molar-refractivity contribution in [2.45, 2.75) is 51.5 Å². The smallest absolute Gasteiger partial charge is 0.00959 e. The summed E-state index contributed by atoms with van der Waals surface area (Å²) < 4.78 is 0. The summed E-state index contributed by atoms with van der Waals surface area (Å²) in [7, 11) is 0. The molecular formula is C11H21N. The zero-order valence-corrected chi connectivity index (χ0v) is 8.18. The van der Waals surface area contributed by atoms with E-state index in [2.05, 4.69) is 12.2 Å². The Morgan fingerprint density at radius 2 is 1.92 bits per heavy atom. The molecule has 3 unspecified atom stereocenters. The van der Waals surface area contributed by atoms with Gasteiger partial charge >= 0.3 is 0 Å². The molecule has 2 rings (SSSR count). The Balaban J connectivity index is 1.90. The predicted molar refractivity (Wildman–Crippen MR) is 52.1 cm³/mol. The molecule has 0 radical (unpaired) electrons. The Labute approximate surface area is 75.9 Å². The second kappa shape index (κ2) is 3.78. The first-order chi connectivity index (χ1) is 5.90. The van der Waals surface area contributed by atoms with Gasteiger partial charge in [-0.2, -0.15) is 0 Å². The van der Waals surface area contributed by atoms with Crippen molar-refractivity contribution in [2.24, 2.45) is 11.8 Å². The molecule has 1 saturated carbocycles. The van der Waals surface area contributed by atoms with Crippen molar-refractivity contribution >= 4 is 0 Å². The minimum absolute atomic E-state index is 0.890. The quantitative estimate of drug-likeness (QED) is 0.633. The van der Waals surface area contributed by atoms with Gasteiger partial charge in [0.15, 0.2) is 0 Å². The summed E-state index contributed by atoms with van der Waals surface area (Å²) in [5.41, 5.74) is 0. The second-order valence-corrected chi connectivity index (χ2v) is 4.54. The number of rotatable bonds is 1.